The van der Waals surface area contributed by atoms with Crippen LogP contribution in [0.4, 0.5) is 5.69 Å². The van der Waals surface area contributed by atoms with Crippen molar-refractivity contribution in [3.8, 4) is 0 Å². The minimum Gasteiger partial charge on any atom is -0.478 e. The Kier molecular flexibility index (Phi) is 3.52. The minimum atomic E-state index is -1.09. The summed E-state index contributed by atoms with van der Waals surface area (Å²) in [6.07, 6.45) is 1.30. The molecule has 2 N–H and O–H groups in total. The van der Waals surface area contributed by atoms with Crippen molar-refractivity contribution in [2.45, 2.75) is 6.92 Å². The van der Waals surface area contributed by atoms with Crippen LogP contribution in [0.15, 0.2) is 28.9 Å². The Morgan fingerprint density at radius 1 is 1.42 bits per heavy atom. The van der Waals surface area contributed by atoms with E-state index in [-0.39, 0.29) is 10.6 Å². The van der Waals surface area contributed by atoms with Crippen molar-refractivity contribution in [3.05, 3.63) is 46.3 Å². The van der Waals surface area contributed by atoms with Gasteiger partial charge in [0, 0.05) is 0 Å². The van der Waals surface area contributed by atoms with Gasteiger partial charge in [0.05, 0.1) is 22.5 Å². The summed E-state index contributed by atoms with van der Waals surface area (Å²) in [4.78, 5) is 22.6. The molecule has 1 heterocycles. The number of hydrogen-bond acceptors (Lipinski definition) is 4. The fourth-order valence-electron chi connectivity index (χ4n) is 1.46. The Bertz CT molecular complexity index is 651. The zero-order valence-corrected chi connectivity index (χ0v) is 10.6. The van der Waals surface area contributed by atoms with Crippen molar-refractivity contribution in [3.63, 3.8) is 0 Å². The molecule has 0 saturated carbocycles. The maximum atomic E-state index is 11.9. The molecule has 0 saturated heterocycles. The molecule has 0 aliphatic heterocycles. The highest BCUT2D eigenvalue weighted by Gasteiger charge is 2.15. The van der Waals surface area contributed by atoms with Gasteiger partial charge in [0.1, 0.15) is 11.3 Å². The van der Waals surface area contributed by atoms with Crippen LogP contribution in [0.3, 0.4) is 0 Å². The third kappa shape index (κ3) is 2.74. The summed E-state index contributed by atoms with van der Waals surface area (Å²) in [7, 11) is 0. The lowest BCUT2D eigenvalue weighted by Crippen LogP contribution is -2.12. The fraction of sp³-hybridized carbons (Fsp3) is 0.0833. The van der Waals surface area contributed by atoms with Crippen LogP contribution in [0.1, 0.15) is 26.5 Å². The third-order valence-corrected chi connectivity index (χ3v) is 2.77. The summed E-state index contributed by atoms with van der Waals surface area (Å²) < 4.78 is 4.78. The topological polar surface area (TPSA) is 92.4 Å². The van der Waals surface area contributed by atoms with Gasteiger partial charge >= 0.3 is 5.97 Å². The predicted octanol–water partition coefficient (Wildman–Crippen LogP) is 2.59. The highest BCUT2D eigenvalue weighted by Crippen LogP contribution is 2.24. The van der Waals surface area contributed by atoms with Gasteiger partial charge in [-0.1, -0.05) is 16.8 Å². The number of rotatable bonds is 3. The Hall–Kier alpha value is -2.34. The number of aryl methyl sites for hydroxylation is 1. The standard InChI is InChI=1S/C12H9ClN2O4/c1-6-8(5-14-19-6)11(16)15-10-3-2-7(12(17)18)4-9(10)13/h2-5H,1H3,(H,15,16)(H,17,18). The Morgan fingerprint density at radius 2 is 2.16 bits per heavy atom. The molecular weight excluding hydrogens is 272 g/mol. The van der Waals surface area contributed by atoms with Crippen LogP contribution in [-0.2, 0) is 0 Å². The van der Waals surface area contributed by atoms with Gasteiger partial charge in [-0.15, -0.1) is 0 Å². The molecule has 0 aliphatic rings. The molecule has 0 bridgehead atoms. The van der Waals surface area contributed by atoms with E-state index in [1.807, 2.05) is 0 Å². The first-order valence-corrected chi connectivity index (χ1v) is 5.62. The minimum absolute atomic E-state index is 0.0455. The van der Waals surface area contributed by atoms with Crippen molar-refractivity contribution in [2.75, 3.05) is 5.32 Å². The second-order valence-electron chi connectivity index (χ2n) is 3.75. The normalized spacial score (nSPS) is 10.2. The maximum Gasteiger partial charge on any atom is 0.335 e. The van der Waals surface area contributed by atoms with Gasteiger partial charge in [-0.3, -0.25) is 4.79 Å². The quantitative estimate of drug-likeness (QED) is 0.901. The van der Waals surface area contributed by atoms with E-state index >= 15 is 0 Å². The van der Waals surface area contributed by atoms with Crippen molar-refractivity contribution < 1.29 is 19.2 Å². The first-order valence-electron chi connectivity index (χ1n) is 5.24. The van der Waals surface area contributed by atoms with Crippen molar-refractivity contribution in [1.82, 2.24) is 5.16 Å². The molecule has 0 fully saturated rings. The molecule has 19 heavy (non-hydrogen) atoms. The molecular formula is C12H9ClN2O4. The maximum absolute atomic E-state index is 11.9. The fourth-order valence-corrected chi connectivity index (χ4v) is 1.68. The second-order valence-corrected chi connectivity index (χ2v) is 4.16. The van der Waals surface area contributed by atoms with Gasteiger partial charge < -0.3 is 14.9 Å². The van der Waals surface area contributed by atoms with Gasteiger partial charge in [0.2, 0.25) is 0 Å². The summed E-state index contributed by atoms with van der Waals surface area (Å²) in [5.41, 5.74) is 0.653. The number of hydrogen-bond donors (Lipinski definition) is 2. The lowest BCUT2D eigenvalue weighted by atomic mass is 10.2. The molecule has 98 valence electrons. The van der Waals surface area contributed by atoms with E-state index in [1.54, 1.807) is 6.92 Å². The number of halogens is 1. The number of nitrogens with one attached hydrogen (secondary N) is 1. The summed E-state index contributed by atoms with van der Waals surface area (Å²) in [6, 6.07) is 4.04. The van der Waals surface area contributed by atoms with Crippen LogP contribution in [0, 0.1) is 6.92 Å². The van der Waals surface area contributed by atoms with E-state index < -0.39 is 11.9 Å². The number of nitrogens with zero attached hydrogens (tertiary/aromatic N) is 1. The molecule has 0 aliphatic carbocycles. The molecule has 6 nitrogen and oxygen atoms in total. The first kappa shape index (κ1) is 13.1. The highest BCUT2D eigenvalue weighted by molar-refractivity contribution is 6.34. The van der Waals surface area contributed by atoms with Crippen molar-refractivity contribution in [1.29, 1.82) is 0 Å². The smallest absolute Gasteiger partial charge is 0.335 e. The number of aromatic nitrogens is 1. The Balaban J connectivity index is 2.23. The molecule has 2 aromatic rings. The molecule has 0 radical (unpaired) electrons. The van der Waals surface area contributed by atoms with E-state index in [2.05, 4.69) is 10.5 Å². The predicted molar refractivity (Wildman–Crippen MR) is 67.6 cm³/mol. The second kappa shape index (κ2) is 5.11. The van der Waals surface area contributed by atoms with Crippen LogP contribution < -0.4 is 5.32 Å². The number of benzene rings is 1. The van der Waals surface area contributed by atoms with Gasteiger partial charge in [0.25, 0.3) is 5.91 Å². The Labute approximate surface area is 113 Å². The van der Waals surface area contributed by atoms with E-state index in [9.17, 15) is 9.59 Å². The van der Waals surface area contributed by atoms with E-state index in [0.29, 0.717) is 17.0 Å². The number of carbonyl (C=O) groups is 2. The summed E-state index contributed by atoms with van der Waals surface area (Å²) in [5, 5.41) is 15.0. The van der Waals surface area contributed by atoms with Crippen LogP contribution in [0.2, 0.25) is 5.02 Å². The van der Waals surface area contributed by atoms with Crippen molar-refractivity contribution >= 4 is 29.2 Å². The Morgan fingerprint density at radius 3 is 2.68 bits per heavy atom. The monoisotopic (exact) mass is 280 g/mol. The van der Waals surface area contributed by atoms with Crippen LogP contribution in [0.5, 0.6) is 0 Å². The zero-order valence-electron chi connectivity index (χ0n) is 9.81. The molecule has 1 aromatic heterocycles. The molecule has 1 amide bonds. The molecule has 7 heteroatoms. The van der Waals surface area contributed by atoms with Crippen LogP contribution in [-0.4, -0.2) is 22.1 Å². The summed E-state index contributed by atoms with van der Waals surface area (Å²) >= 11 is 5.90. The summed E-state index contributed by atoms with van der Waals surface area (Å²) in [6.45, 7) is 1.61. The van der Waals surface area contributed by atoms with E-state index in [1.165, 1.54) is 24.4 Å². The lowest BCUT2D eigenvalue weighted by molar-refractivity contribution is 0.0696. The van der Waals surface area contributed by atoms with Crippen LogP contribution >= 0.6 is 11.6 Å². The van der Waals surface area contributed by atoms with Crippen molar-refractivity contribution in [2.24, 2.45) is 0 Å². The number of carbonyl (C=O) groups excluding carboxylic acids is 1. The average molecular weight is 281 g/mol. The summed E-state index contributed by atoms with van der Waals surface area (Å²) in [5.74, 6) is -1.13. The number of carboxylic acid groups (broad SMARTS) is 1. The molecule has 1 aromatic carbocycles. The number of aromatic carboxylic acids is 1. The number of carboxylic acids is 1. The van der Waals surface area contributed by atoms with Gasteiger partial charge in [-0.2, -0.15) is 0 Å². The molecule has 2 rings (SSSR count). The van der Waals surface area contributed by atoms with Gasteiger partial charge in [-0.05, 0) is 25.1 Å². The van der Waals surface area contributed by atoms with E-state index in [0.717, 1.165) is 0 Å². The number of amides is 1. The third-order valence-electron chi connectivity index (χ3n) is 2.46. The van der Waals surface area contributed by atoms with Crippen LogP contribution in [0.25, 0.3) is 0 Å². The molecule has 0 atom stereocenters. The molecule has 0 spiro atoms. The van der Waals surface area contributed by atoms with Gasteiger partial charge in [-0.25, -0.2) is 4.79 Å². The largest absolute Gasteiger partial charge is 0.478 e. The highest BCUT2D eigenvalue weighted by atomic mass is 35.5. The van der Waals surface area contributed by atoms with Gasteiger partial charge in [0.15, 0.2) is 0 Å². The SMILES string of the molecule is Cc1oncc1C(=O)Nc1ccc(C(=O)O)cc1Cl. The lowest BCUT2D eigenvalue weighted by Gasteiger charge is -2.06. The zero-order chi connectivity index (χ0) is 14.0. The number of anilines is 1. The van der Waals surface area contributed by atoms with E-state index in [4.69, 9.17) is 21.2 Å². The first-order chi connectivity index (χ1) is 8.99. The average Bonchev–Trinajstić information content (AvgIpc) is 2.77. The molecule has 0 unspecified atom stereocenters.